The normalized spacial score (nSPS) is 14.5. The summed E-state index contributed by atoms with van der Waals surface area (Å²) in [5.74, 6) is -0.739. The van der Waals surface area contributed by atoms with Gasteiger partial charge in [-0.2, -0.15) is 0 Å². The van der Waals surface area contributed by atoms with E-state index >= 15 is 0 Å². The van der Waals surface area contributed by atoms with E-state index in [0.717, 1.165) is 19.3 Å². The second-order valence-electron chi connectivity index (χ2n) is 4.38. The highest BCUT2D eigenvalue weighted by Crippen LogP contribution is 2.12. The predicted molar refractivity (Wildman–Crippen MR) is 71.6 cm³/mol. The average Bonchev–Trinajstić information content (AvgIpc) is 2.76. The molecule has 0 spiro atoms. The zero-order chi connectivity index (χ0) is 12.7. The molecule has 2 unspecified atom stereocenters. The molecule has 0 fully saturated rings. The van der Waals surface area contributed by atoms with Gasteiger partial charge in [0.25, 0.3) is 0 Å². The molecule has 0 aliphatic rings. The number of hydrogen-bond donors (Lipinski definition) is 2. The molecule has 0 saturated heterocycles. The molecule has 0 aliphatic carbocycles. The Bertz CT molecular complexity index is 324. The van der Waals surface area contributed by atoms with Crippen LogP contribution >= 0.6 is 11.3 Å². The predicted octanol–water partition coefficient (Wildman–Crippen LogP) is 2.91. The van der Waals surface area contributed by atoms with Crippen molar-refractivity contribution in [1.29, 1.82) is 0 Å². The molecule has 1 heterocycles. The second-order valence-corrected chi connectivity index (χ2v) is 5.42. The van der Waals surface area contributed by atoms with Gasteiger partial charge in [0.15, 0.2) is 0 Å². The molecule has 0 bridgehead atoms. The summed E-state index contributed by atoms with van der Waals surface area (Å²) in [6.07, 6.45) is 3.59. The molecule has 0 amide bonds. The van der Waals surface area contributed by atoms with Gasteiger partial charge in [-0.3, -0.25) is 4.79 Å². The minimum absolute atomic E-state index is 0.201. The van der Waals surface area contributed by atoms with Crippen molar-refractivity contribution in [1.82, 2.24) is 5.32 Å². The van der Waals surface area contributed by atoms with Crippen LogP contribution in [0.3, 0.4) is 0 Å². The number of carbonyl (C=O) groups is 1. The van der Waals surface area contributed by atoms with E-state index in [9.17, 15) is 4.79 Å². The van der Waals surface area contributed by atoms with Gasteiger partial charge < -0.3 is 10.4 Å². The first-order chi connectivity index (χ1) is 8.13. The highest BCUT2D eigenvalue weighted by molar-refractivity contribution is 7.09. The first-order valence-corrected chi connectivity index (χ1v) is 7.02. The number of nitrogens with one attached hydrogen (secondary N) is 1. The first kappa shape index (κ1) is 14.2. The molecule has 4 heteroatoms. The van der Waals surface area contributed by atoms with E-state index in [1.165, 1.54) is 4.88 Å². The summed E-state index contributed by atoms with van der Waals surface area (Å²) in [5.41, 5.74) is 0. The van der Waals surface area contributed by atoms with Crippen LogP contribution < -0.4 is 5.32 Å². The zero-order valence-electron chi connectivity index (χ0n) is 10.5. The fourth-order valence-electron chi connectivity index (χ4n) is 1.82. The SMILES string of the molecule is CCCCC(NC(C)Cc1cccs1)C(=O)O. The maximum atomic E-state index is 11.1. The third kappa shape index (κ3) is 5.33. The van der Waals surface area contributed by atoms with Crippen molar-refractivity contribution in [3.8, 4) is 0 Å². The lowest BCUT2D eigenvalue weighted by atomic mass is 10.1. The van der Waals surface area contributed by atoms with Crippen LogP contribution in [0.1, 0.15) is 38.0 Å². The topological polar surface area (TPSA) is 49.3 Å². The molecule has 17 heavy (non-hydrogen) atoms. The number of unbranched alkanes of at least 4 members (excludes halogenated alkanes) is 1. The molecule has 1 rings (SSSR count). The van der Waals surface area contributed by atoms with Gasteiger partial charge in [-0.25, -0.2) is 0 Å². The quantitative estimate of drug-likeness (QED) is 0.751. The molecule has 0 aliphatic heterocycles. The molecule has 1 aromatic heterocycles. The summed E-state index contributed by atoms with van der Waals surface area (Å²) in [7, 11) is 0. The van der Waals surface area contributed by atoms with E-state index in [4.69, 9.17) is 5.11 Å². The number of carboxylic acid groups (broad SMARTS) is 1. The Morgan fingerprint density at radius 2 is 2.35 bits per heavy atom. The molecule has 1 aromatic rings. The number of hydrogen-bond acceptors (Lipinski definition) is 3. The summed E-state index contributed by atoms with van der Waals surface area (Å²) in [5, 5.41) is 14.4. The van der Waals surface area contributed by atoms with Gasteiger partial charge in [-0.05, 0) is 31.2 Å². The lowest BCUT2D eigenvalue weighted by Gasteiger charge is -2.19. The Morgan fingerprint density at radius 1 is 1.59 bits per heavy atom. The lowest BCUT2D eigenvalue weighted by Crippen LogP contribution is -2.42. The van der Waals surface area contributed by atoms with Gasteiger partial charge in [0, 0.05) is 10.9 Å². The van der Waals surface area contributed by atoms with Gasteiger partial charge in [0.1, 0.15) is 6.04 Å². The Balaban J connectivity index is 2.40. The molecule has 2 N–H and O–H groups in total. The molecular weight excluding hydrogens is 234 g/mol. The van der Waals surface area contributed by atoms with Crippen LogP contribution in [0.15, 0.2) is 17.5 Å². The molecule has 0 saturated carbocycles. The standard InChI is InChI=1S/C13H21NO2S/c1-3-4-7-12(13(15)16)14-10(2)9-11-6-5-8-17-11/h5-6,8,10,12,14H,3-4,7,9H2,1-2H3,(H,15,16). The maximum Gasteiger partial charge on any atom is 0.320 e. The Kier molecular flexibility index (Phi) is 6.22. The highest BCUT2D eigenvalue weighted by Gasteiger charge is 2.18. The van der Waals surface area contributed by atoms with Crippen molar-refractivity contribution >= 4 is 17.3 Å². The van der Waals surface area contributed by atoms with Crippen molar-refractivity contribution in [3.05, 3.63) is 22.4 Å². The molecule has 3 nitrogen and oxygen atoms in total. The zero-order valence-corrected chi connectivity index (χ0v) is 11.3. The molecular formula is C13H21NO2S. The third-order valence-corrected chi connectivity index (χ3v) is 3.62. The Morgan fingerprint density at radius 3 is 2.88 bits per heavy atom. The van der Waals surface area contributed by atoms with Crippen LogP contribution in [0.2, 0.25) is 0 Å². The van der Waals surface area contributed by atoms with E-state index < -0.39 is 12.0 Å². The average molecular weight is 255 g/mol. The van der Waals surface area contributed by atoms with Crippen LogP contribution in [0.5, 0.6) is 0 Å². The number of rotatable bonds is 8. The van der Waals surface area contributed by atoms with Crippen molar-refractivity contribution in [2.75, 3.05) is 0 Å². The van der Waals surface area contributed by atoms with Crippen molar-refractivity contribution in [3.63, 3.8) is 0 Å². The van der Waals surface area contributed by atoms with Crippen LogP contribution in [-0.2, 0) is 11.2 Å². The van der Waals surface area contributed by atoms with Gasteiger partial charge in [0.05, 0.1) is 0 Å². The Hall–Kier alpha value is -0.870. The van der Waals surface area contributed by atoms with Crippen molar-refractivity contribution in [2.24, 2.45) is 0 Å². The Labute approximate surface area is 107 Å². The fourth-order valence-corrected chi connectivity index (χ4v) is 2.65. The third-order valence-electron chi connectivity index (χ3n) is 2.72. The first-order valence-electron chi connectivity index (χ1n) is 6.14. The summed E-state index contributed by atoms with van der Waals surface area (Å²) in [4.78, 5) is 12.4. The number of thiophene rings is 1. The van der Waals surface area contributed by atoms with E-state index in [-0.39, 0.29) is 6.04 Å². The minimum atomic E-state index is -0.739. The van der Waals surface area contributed by atoms with E-state index in [2.05, 4.69) is 18.3 Å². The van der Waals surface area contributed by atoms with Crippen LogP contribution in [0.25, 0.3) is 0 Å². The van der Waals surface area contributed by atoms with Crippen LogP contribution in [-0.4, -0.2) is 23.2 Å². The van der Waals surface area contributed by atoms with Gasteiger partial charge in [-0.1, -0.05) is 25.8 Å². The maximum absolute atomic E-state index is 11.1. The number of carboxylic acids is 1. The second kappa shape index (κ2) is 7.45. The van der Waals surface area contributed by atoms with E-state index in [1.54, 1.807) is 11.3 Å². The number of aliphatic carboxylic acids is 1. The van der Waals surface area contributed by atoms with Gasteiger partial charge >= 0.3 is 5.97 Å². The summed E-state index contributed by atoms with van der Waals surface area (Å²) in [6.45, 7) is 4.12. The lowest BCUT2D eigenvalue weighted by molar-refractivity contribution is -0.139. The monoisotopic (exact) mass is 255 g/mol. The smallest absolute Gasteiger partial charge is 0.320 e. The summed E-state index contributed by atoms with van der Waals surface area (Å²) < 4.78 is 0. The molecule has 0 radical (unpaired) electrons. The van der Waals surface area contributed by atoms with Crippen LogP contribution in [0.4, 0.5) is 0 Å². The fraction of sp³-hybridized carbons (Fsp3) is 0.615. The van der Waals surface area contributed by atoms with E-state index in [1.807, 2.05) is 18.4 Å². The molecule has 96 valence electrons. The van der Waals surface area contributed by atoms with Gasteiger partial charge in [-0.15, -0.1) is 11.3 Å². The summed E-state index contributed by atoms with van der Waals surface area (Å²) in [6, 6.07) is 3.90. The molecule has 2 atom stereocenters. The van der Waals surface area contributed by atoms with E-state index in [0.29, 0.717) is 6.42 Å². The van der Waals surface area contributed by atoms with Gasteiger partial charge in [0.2, 0.25) is 0 Å². The highest BCUT2D eigenvalue weighted by atomic mass is 32.1. The largest absolute Gasteiger partial charge is 0.480 e. The van der Waals surface area contributed by atoms with Crippen molar-refractivity contribution < 1.29 is 9.90 Å². The minimum Gasteiger partial charge on any atom is -0.480 e. The molecule has 0 aromatic carbocycles. The summed E-state index contributed by atoms with van der Waals surface area (Å²) >= 11 is 1.72. The van der Waals surface area contributed by atoms with Crippen molar-refractivity contribution in [2.45, 2.75) is 51.6 Å². The van der Waals surface area contributed by atoms with Crippen LogP contribution in [0, 0.1) is 0 Å².